The van der Waals surface area contributed by atoms with Crippen LogP contribution in [-0.4, -0.2) is 42.7 Å². The van der Waals surface area contributed by atoms with Crippen LogP contribution in [0, 0.1) is 0 Å². The van der Waals surface area contributed by atoms with E-state index >= 15 is 0 Å². The van der Waals surface area contributed by atoms with Crippen molar-refractivity contribution in [2.75, 3.05) is 26.7 Å². The Hall–Kier alpha value is -2.34. The van der Waals surface area contributed by atoms with E-state index in [-0.39, 0.29) is 17.9 Å². The normalized spacial score (nSPS) is 18.0. The number of rotatable bonds is 4. The number of ether oxygens (including phenoxy) is 1. The van der Waals surface area contributed by atoms with Crippen LogP contribution in [0.5, 0.6) is 5.75 Å². The summed E-state index contributed by atoms with van der Waals surface area (Å²) in [6.07, 6.45) is 0. The number of nitrogens with one attached hydrogen (secondary N) is 1. The summed E-state index contributed by atoms with van der Waals surface area (Å²) in [6, 6.07) is 9.44. The van der Waals surface area contributed by atoms with Crippen molar-refractivity contribution in [1.82, 2.24) is 15.4 Å². The molecule has 6 heteroatoms. The lowest BCUT2D eigenvalue weighted by atomic mass is 10.0. The van der Waals surface area contributed by atoms with Crippen molar-refractivity contribution in [3.63, 3.8) is 0 Å². The molecule has 1 amide bonds. The lowest BCUT2D eigenvalue weighted by molar-refractivity contribution is 0.0589. The predicted molar refractivity (Wildman–Crippen MR) is 90.2 cm³/mol. The van der Waals surface area contributed by atoms with Crippen molar-refractivity contribution < 1.29 is 14.1 Å². The second-order valence-electron chi connectivity index (χ2n) is 6.23. The van der Waals surface area contributed by atoms with E-state index < -0.39 is 0 Å². The summed E-state index contributed by atoms with van der Waals surface area (Å²) in [7, 11) is 1.65. The number of amides is 1. The van der Waals surface area contributed by atoms with E-state index in [4.69, 9.17) is 9.26 Å². The van der Waals surface area contributed by atoms with Crippen LogP contribution in [0.25, 0.3) is 0 Å². The SMILES string of the molecule is COc1ccccc1C1CNCCN1C(=O)c1cc(C(C)C)no1. The van der Waals surface area contributed by atoms with Crippen LogP contribution in [-0.2, 0) is 0 Å². The Morgan fingerprint density at radius 1 is 1.42 bits per heavy atom. The van der Waals surface area contributed by atoms with Crippen LogP contribution in [0.3, 0.4) is 0 Å². The van der Waals surface area contributed by atoms with Crippen molar-refractivity contribution in [2.24, 2.45) is 0 Å². The van der Waals surface area contributed by atoms with Crippen molar-refractivity contribution in [3.8, 4) is 5.75 Å². The Morgan fingerprint density at radius 3 is 2.92 bits per heavy atom. The van der Waals surface area contributed by atoms with E-state index in [0.717, 1.165) is 23.6 Å². The predicted octanol–water partition coefficient (Wildman–Crippen LogP) is 2.59. The van der Waals surface area contributed by atoms with Gasteiger partial charge in [0, 0.05) is 31.3 Å². The van der Waals surface area contributed by atoms with Crippen molar-refractivity contribution in [3.05, 3.63) is 47.3 Å². The average Bonchev–Trinajstić information content (AvgIpc) is 3.11. The third-order valence-corrected chi connectivity index (χ3v) is 4.33. The maximum atomic E-state index is 12.9. The molecular weight excluding hydrogens is 306 g/mol. The van der Waals surface area contributed by atoms with Crippen LogP contribution in [0.4, 0.5) is 0 Å². The number of methoxy groups -OCH3 is 1. The van der Waals surface area contributed by atoms with Gasteiger partial charge >= 0.3 is 0 Å². The summed E-state index contributed by atoms with van der Waals surface area (Å²) in [5, 5.41) is 7.35. The first-order valence-electron chi connectivity index (χ1n) is 8.23. The van der Waals surface area contributed by atoms with Crippen molar-refractivity contribution in [2.45, 2.75) is 25.8 Å². The fourth-order valence-electron chi connectivity index (χ4n) is 2.97. The molecule has 0 aliphatic carbocycles. The minimum atomic E-state index is -0.133. The summed E-state index contributed by atoms with van der Waals surface area (Å²) in [5.74, 6) is 1.17. The largest absolute Gasteiger partial charge is 0.496 e. The van der Waals surface area contributed by atoms with Gasteiger partial charge in [-0.25, -0.2) is 0 Å². The number of hydrogen-bond donors (Lipinski definition) is 1. The molecule has 1 saturated heterocycles. The molecular formula is C18H23N3O3. The van der Waals surface area contributed by atoms with Gasteiger partial charge in [0.05, 0.1) is 18.8 Å². The van der Waals surface area contributed by atoms with Gasteiger partial charge in [-0.05, 0) is 12.0 Å². The average molecular weight is 329 g/mol. The monoisotopic (exact) mass is 329 g/mol. The molecule has 1 atom stereocenters. The first-order valence-corrected chi connectivity index (χ1v) is 8.23. The van der Waals surface area contributed by atoms with Crippen LogP contribution < -0.4 is 10.1 Å². The third kappa shape index (κ3) is 3.14. The number of carbonyl (C=O) groups is 1. The van der Waals surface area contributed by atoms with Crippen LogP contribution in [0.2, 0.25) is 0 Å². The molecule has 128 valence electrons. The number of piperazine rings is 1. The molecule has 3 rings (SSSR count). The van der Waals surface area contributed by atoms with E-state index in [1.165, 1.54) is 0 Å². The van der Waals surface area contributed by atoms with E-state index in [9.17, 15) is 4.79 Å². The quantitative estimate of drug-likeness (QED) is 0.934. The van der Waals surface area contributed by atoms with E-state index in [1.807, 2.05) is 43.0 Å². The zero-order valence-corrected chi connectivity index (χ0v) is 14.3. The first kappa shape index (κ1) is 16.5. The molecule has 24 heavy (non-hydrogen) atoms. The van der Waals surface area contributed by atoms with Crippen LogP contribution in [0.1, 0.15) is 47.6 Å². The van der Waals surface area contributed by atoms with Crippen LogP contribution in [0.15, 0.2) is 34.9 Å². The van der Waals surface area contributed by atoms with Gasteiger partial charge in [-0.15, -0.1) is 0 Å². The summed E-state index contributed by atoms with van der Waals surface area (Å²) < 4.78 is 10.8. The van der Waals surface area contributed by atoms with Gasteiger partial charge in [0.1, 0.15) is 5.75 Å². The lowest BCUT2D eigenvalue weighted by Gasteiger charge is -2.36. The smallest absolute Gasteiger partial charge is 0.293 e. The molecule has 0 radical (unpaired) electrons. The van der Waals surface area contributed by atoms with E-state index in [1.54, 1.807) is 13.2 Å². The molecule has 0 bridgehead atoms. The summed E-state index contributed by atoms with van der Waals surface area (Å²) in [4.78, 5) is 14.8. The molecule has 1 aliphatic heterocycles. The van der Waals surface area contributed by atoms with Gasteiger partial charge in [0.25, 0.3) is 5.91 Å². The highest BCUT2D eigenvalue weighted by molar-refractivity contribution is 5.92. The molecule has 1 unspecified atom stereocenters. The Morgan fingerprint density at radius 2 is 2.21 bits per heavy atom. The second kappa shape index (κ2) is 7.05. The Kier molecular flexibility index (Phi) is 4.85. The van der Waals surface area contributed by atoms with Gasteiger partial charge in [0.15, 0.2) is 0 Å². The Bertz CT molecular complexity index is 711. The maximum Gasteiger partial charge on any atom is 0.293 e. The van der Waals surface area contributed by atoms with Gasteiger partial charge in [-0.3, -0.25) is 4.79 Å². The molecule has 1 aromatic carbocycles. The van der Waals surface area contributed by atoms with Gasteiger partial charge in [-0.1, -0.05) is 37.2 Å². The minimum Gasteiger partial charge on any atom is -0.496 e. The topological polar surface area (TPSA) is 67.6 Å². The molecule has 1 N–H and O–H groups in total. The lowest BCUT2D eigenvalue weighted by Crippen LogP contribution is -2.48. The van der Waals surface area contributed by atoms with E-state index in [2.05, 4.69) is 10.5 Å². The van der Waals surface area contributed by atoms with Gasteiger partial charge < -0.3 is 19.5 Å². The second-order valence-corrected chi connectivity index (χ2v) is 6.23. The van der Waals surface area contributed by atoms with Gasteiger partial charge in [-0.2, -0.15) is 0 Å². The van der Waals surface area contributed by atoms with Crippen molar-refractivity contribution in [1.29, 1.82) is 0 Å². The maximum absolute atomic E-state index is 12.9. The molecule has 0 saturated carbocycles. The number of benzene rings is 1. The zero-order chi connectivity index (χ0) is 17.1. The molecule has 1 fully saturated rings. The summed E-state index contributed by atoms with van der Waals surface area (Å²) in [6.45, 7) is 6.09. The zero-order valence-electron chi connectivity index (χ0n) is 14.3. The molecule has 1 aliphatic rings. The fraction of sp³-hybridized carbons (Fsp3) is 0.444. The minimum absolute atomic E-state index is 0.102. The molecule has 6 nitrogen and oxygen atoms in total. The standard InChI is InChI=1S/C18H23N3O3/c1-12(2)14-10-17(24-20-14)18(22)21-9-8-19-11-15(21)13-6-4-5-7-16(13)23-3/h4-7,10,12,15,19H,8-9,11H2,1-3H3. The van der Waals surface area contributed by atoms with Crippen LogP contribution >= 0.6 is 0 Å². The first-order chi connectivity index (χ1) is 11.6. The molecule has 0 spiro atoms. The summed E-state index contributed by atoms with van der Waals surface area (Å²) >= 11 is 0. The number of nitrogens with zero attached hydrogens (tertiary/aromatic N) is 2. The molecule has 1 aromatic heterocycles. The number of para-hydroxylation sites is 1. The highest BCUT2D eigenvalue weighted by atomic mass is 16.5. The third-order valence-electron chi connectivity index (χ3n) is 4.33. The van der Waals surface area contributed by atoms with Gasteiger partial charge in [0.2, 0.25) is 5.76 Å². The fourth-order valence-corrected chi connectivity index (χ4v) is 2.97. The highest BCUT2D eigenvalue weighted by Gasteiger charge is 2.32. The number of carbonyl (C=O) groups excluding carboxylic acids is 1. The summed E-state index contributed by atoms with van der Waals surface area (Å²) in [5.41, 5.74) is 1.78. The number of aromatic nitrogens is 1. The number of hydrogen-bond acceptors (Lipinski definition) is 5. The Balaban J connectivity index is 1.90. The van der Waals surface area contributed by atoms with E-state index in [0.29, 0.717) is 18.8 Å². The highest BCUT2D eigenvalue weighted by Crippen LogP contribution is 2.31. The Labute approximate surface area is 141 Å². The van der Waals surface area contributed by atoms with Crippen molar-refractivity contribution >= 4 is 5.91 Å². The molecule has 2 aromatic rings. The molecule has 2 heterocycles.